The average molecular weight is 412 g/mol. The molecule has 0 radical (unpaired) electrons. The van der Waals surface area contributed by atoms with Gasteiger partial charge in [-0.2, -0.15) is 0 Å². The van der Waals surface area contributed by atoms with E-state index in [9.17, 15) is 9.18 Å². The fraction of sp³-hybridized carbons (Fsp3) is 0.0667. The van der Waals surface area contributed by atoms with E-state index in [1.54, 1.807) is 24.4 Å². The van der Waals surface area contributed by atoms with E-state index in [2.05, 4.69) is 26.2 Å². The summed E-state index contributed by atoms with van der Waals surface area (Å²) in [6.45, 7) is 0. The monoisotopic (exact) mass is 411 g/mol. The van der Waals surface area contributed by atoms with E-state index in [-0.39, 0.29) is 5.91 Å². The van der Waals surface area contributed by atoms with Crippen LogP contribution in [0, 0.1) is 5.82 Å². The highest BCUT2D eigenvalue weighted by Crippen LogP contribution is 2.33. The second-order valence-corrected chi connectivity index (χ2v) is 8.09. The first-order valence-corrected chi connectivity index (χ1v) is 8.97. The number of benzene rings is 1. The largest absolute Gasteiger partial charge is 0.329 e. The number of carbonyl (C=O) groups excluding carboxylic acids is 1. The highest BCUT2D eigenvalue weighted by Gasteiger charge is 2.14. The maximum Gasteiger partial charge on any atom is 0.265 e. The molecule has 0 fully saturated rings. The van der Waals surface area contributed by atoms with Gasteiger partial charge < -0.3 is 9.88 Å². The van der Waals surface area contributed by atoms with Crippen LogP contribution in [0.2, 0.25) is 0 Å². The molecule has 0 aliphatic heterocycles. The van der Waals surface area contributed by atoms with Gasteiger partial charge in [0.2, 0.25) is 0 Å². The Morgan fingerprint density at radius 2 is 2.22 bits per heavy atom. The molecule has 0 atom stereocenters. The van der Waals surface area contributed by atoms with Crippen LogP contribution in [0.4, 0.5) is 10.1 Å². The zero-order valence-corrected chi connectivity index (χ0v) is 15.1. The van der Waals surface area contributed by atoms with E-state index in [1.165, 1.54) is 35.2 Å². The minimum Gasteiger partial charge on any atom is -0.329 e. The van der Waals surface area contributed by atoms with Crippen molar-refractivity contribution in [3.8, 4) is 0 Å². The van der Waals surface area contributed by atoms with Crippen LogP contribution in [-0.4, -0.2) is 15.5 Å². The van der Waals surface area contributed by atoms with Crippen LogP contribution in [-0.2, 0) is 7.05 Å². The summed E-state index contributed by atoms with van der Waals surface area (Å²) < 4.78 is 16.3. The maximum atomic E-state index is 13.6. The van der Waals surface area contributed by atoms with Crippen molar-refractivity contribution in [3.63, 3.8) is 0 Å². The van der Waals surface area contributed by atoms with Gasteiger partial charge in [0.1, 0.15) is 5.82 Å². The Hall–Kier alpha value is -1.64. The first-order valence-electron chi connectivity index (χ1n) is 6.54. The Balaban J connectivity index is 1.87. The molecule has 1 amide bonds. The second-order valence-electron chi connectivity index (χ2n) is 4.62. The van der Waals surface area contributed by atoms with E-state index in [4.69, 9.17) is 0 Å². The molecule has 2 heterocycles. The molecule has 4 nitrogen and oxygen atoms in total. The average Bonchev–Trinajstić information content (AvgIpc) is 3.11. The van der Waals surface area contributed by atoms with Gasteiger partial charge in [0.25, 0.3) is 5.91 Å². The van der Waals surface area contributed by atoms with Crippen LogP contribution in [0.1, 0.15) is 9.67 Å². The van der Waals surface area contributed by atoms with Crippen molar-refractivity contribution in [3.05, 3.63) is 57.2 Å². The molecule has 0 aliphatic carbocycles. The molecular formula is C15H11BrFN3OS2. The quantitative estimate of drug-likeness (QED) is 0.671. The number of carbonyl (C=O) groups is 1. The van der Waals surface area contributed by atoms with Crippen LogP contribution >= 0.6 is 39.0 Å². The molecule has 0 bridgehead atoms. The normalized spacial score (nSPS) is 10.7. The number of rotatable bonds is 4. The van der Waals surface area contributed by atoms with Gasteiger partial charge in [-0.05, 0) is 58.0 Å². The van der Waals surface area contributed by atoms with Crippen LogP contribution in [0.5, 0.6) is 0 Å². The summed E-state index contributed by atoms with van der Waals surface area (Å²) in [5.74, 6) is -0.676. The fourth-order valence-corrected chi connectivity index (χ4v) is 4.01. The molecule has 8 heteroatoms. The number of aromatic nitrogens is 2. The molecule has 0 saturated heterocycles. The number of aryl methyl sites for hydroxylation is 1. The van der Waals surface area contributed by atoms with E-state index < -0.39 is 5.82 Å². The lowest BCUT2D eigenvalue weighted by molar-refractivity contribution is 0.103. The van der Waals surface area contributed by atoms with Gasteiger partial charge in [-0.1, -0.05) is 0 Å². The van der Waals surface area contributed by atoms with Crippen molar-refractivity contribution in [2.24, 2.45) is 7.05 Å². The number of hydrogen-bond donors (Lipinski definition) is 1. The SMILES string of the molecule is Cn1ccnc1Sc1ccc(F)cc1NC(=O)c1ccc(Br)s1. The second kappa shape index (κ2) is 6.86. The molecular weight excluding hydrogens is 401 g/mol. The summed E-state index contributed by atoms with van der Waals surface area (Å²) in [6, 6.07) is 7.83. The van der Waals surface area contributed by atoms with Crippen molar-refractivity contribution in [1.82, 2.24) is 9.55 Å². The van der Waals surface area contributed by atoms with Gasteiger partial charge in [-0.3, -0.25) is 4.79 Å². The van der Waals surface area contributed by atoms with Gasteiger partial charge >= 0.3 is 0 Å². The van der Waals surface area contributed by atoms with Crippen molar-refractivity contribution < 1.29 is 9.18 Å². The summed E-state index contributed by atoms with van der Waals surface area (Å²) in [7, 11) is 1.88. The minimum absolute atomic E-state index is 0.270. The third-order valence-electron chi connectivity index (χ3n) is 2.97. The van der Waals surface area contributed by atoms with Crippen molar-refractivity contribution in [2.45, 2.75) is 10.1 Å². The molecule has 1 N–H and O–H groups in total. The highest BCUT2D eigenvalue weighted by atomic mass is 79.9. The van der Waals surface area contributed by atoms with Crippen LogP contribution in [0.25, 0.3) is 0 Å². The summed E-state index contributed by atoms with van der Waals surface area (Å²) >= 11 is 6.01. The summed E-state index contributed by atoms with van der Waals surface area (Å²) in [6.07, 6.45) is 3.51. The number of imidazole rings is 1. The van der Waals surface area contributed by atoms with E-state index >= 15 is 0 Å². The molecule has 0 unspecified atom stereocenters. The molecule has 0 aliphatic rings. The number of anilines is 1. The third kappa shape index (κ3) is 3.82. The minimum atomic E-state index is -0.406. The number of nitrogens with zero attached hydrogens (tertiary/aromatic N) is 2. The van der Waals surface area contributed by atoms with Crippen molar-refractivity contribution in [2.75, 3.05) is 5.32 Å². The molecule has 118 valence electrons. The molecule has 0 spiro atoms. The number of halogens is 2. The molecule has 0 saturated carbocycles. The lowest BCUT2D eigenvalue weighted by Crippen LogP contribution is -2.11. The highest BCUT2D eigenvalue weighted by molar-refractivity contribution is 9.11. The Bertz CT molecular complexity index is 862. The third-order valence-corrected chi connectivity index (χ3v) is 5.74. The molecule has 1 aromatic carbocycles. The van der Waals surface area contributed by atoms with E-state index in [1.807, 2.05) is 17.8 Å². The summed E-state index contributed by atoms with van der Waals surface area (Å²) in [5, 5.41) is 3.52. The Morgan fingerprint density at radius 3 is 2.87 bits per heavy atom. The van der Waals surface area contributed by atoms with Crippen LogP contribution in [0.3, 0.4) is 0 Å². The van der Waals surface area contributed by atoms with Gasteiger partial charge in [0.15, 0.2) is 5.16 Å². The predicted molar refractivity (Wildman–Crippen MR) is 93.7 cm³/mol. The zero-order chi connectivity index (χ0) is 16.4. The maximum absolute atomic E-state index is 13.6. The number of hydrogen-bond acceptors (Lipinski definition) is 4. The first kappa shape index (κ1) is 16.2. The Morgan fingerprint density at radius 1 is 1.39 bits per heavy atom. The van der Waals surface area contributed by atoms with E-state index in [0.29, 0.717) is 10.6 Å². The van der Waals surface area contributed by atoms with Crippen molar-refractivity contribution >= 4 is 50.6 Å². The van der Waals surface area contributed by atoms with E-state index in [0.717, 1.165) is 13.8 Å². The number of amides is 1. The Kier molecular flexibility index (Phi) is 4.84. The number of nitrogens with one attached hydrogen (secondary N) is 1. The summed E-state index contributed by atoms with van der Waals surface area (Å²) in [4.78, 5) is 17.8. The fourth-order valence-electron chi connectivity index (χ4n) is 1.86. The standard InChI is InChI=1S/C15H11BrFN3OS2/c1-20-7-6-18-15(20)23-11-3-2-9(17)8-10(11)19-14(21)12-4-5-13(16)22-12/h2-8H,1H3,(H,19,21). The van der Waals surface area contributed by atoms with Crippen LogP contribution < -0.4 is 5.32 Å². The lowest BCUT2D eigenvalue weighted by Gasteiger charge is -2.10. The van der Waals surface area contributed by atoms with Crippen LogP contribution in [0.15, 0.2) is 56.6 Å². The van der Waals surface area contributed by atoms with Gasteiger partial charge in [-0.25, -0.2) is 9.37 Å². The molecule has 2 aromatic heterocycles. The topological polar surface area (TPSA) is 46.9 Å². The summed E-state index contributed by atoms with van der Waals surface area (Å²) in [5.41, 5.74) is 0.424. The van der Waals surface area contributed by atoms with Gasteiger partial charge in [0.05, 0.1) is 14.4 Å². The predicted octanol–water partition coefficient (Wildman–Crippen LogP) is 4.79. The Labute approximate surface area is 148 Å². The van der Waals surface area contributed by atoms with Gasteiger partial charge in [-0.15, -0.1) is 11.3 Å². The molecule has 23 heavy (non-hydrogen) atoms. The lowest BCUT2D eigenvalue weighted by atomic mass is 10.3. The molecule has 3 rings (SSSR count). The smallest absolute Gasteiger partial charge is 0.265 e. The molecule has 3 aromatic rings. The van der Waals surface area contributed by atoms with Crippen molar-refractivity contribution in [1.29, 1.82) is 0 Å². The number of thiophene rings is 1. The van der Waals surface area contributed by atoms with Gasteiger partial charge in [0, 0.05) is 24.3 Å². The zero-order valence-electron chi connectivity index (χ0n) is 11.9. The first-order chi connectivity index (χ1) is 11.0.